The first-order valence-electron chi connectivity index (χ1n) is 7.93. The largest absolute Gasteiger partial charge is 0.307 e. The fourth-order valence-corrected chi connectivity index (χ4v) is 1.91. The van der Waals surface area contributed by atoms with Crippen molar-refractivity contribution in [2.45, 2.75) is 60.8 Å². The highest BCUT2D eigenvalue weighted by Crippen LogP contribution is 2.26. The van der Waals surface area contributed by atoms with Crippen LogP contribution in [0.25, 0.3) is 0 Å². The molecule has 0 aliphatic rings. The van der Waals surface area contributed by atoms with Crippen LogP contribution in [-0.2, 0) is 0 Å². The molecule has 0 aliphatic heterocycles. The van der Waals surface area contributed by atoms with E-state index in [1.165, 1.54) is 38.9 Å². The maximum atomic E-state index is 2.50. The third kappa shape index (κ3) is 11.4. The van der Waals surface area contributed by atoms with Gasteiger partial charge in [-0.25, -0.2) is 0 Å². The second-order valence-electron chi connectivity index (χ2n) is 8.17. The average Bonchev–Trinajstić information content (AvgIpc) is 2.30. The lowest BCUT2D eigenvalue weighted by molar-refractivity contribution is 0.196. The summed E-state index contributed by atoms with van der Waals surface area (Å²) in [5.74, 6) is 0. The maximum Gasteiger partial charge on any atom is -0.00167 e. The Morgan fingerprint density at radius 1 is 0.684 bits per heavy atom. The van der Waals surface area contributed by atoms with E-state index in [1.54, 1.807) is 0 Å². The summed E-state index contributed by atoms with van der Waals surface area (Å²) in [6.45, 7) is 18.8. The molecule has 0 spiro atoms. The molecular weight excluding hydrogens is 232 g/mol. The molecule has 0 saturated carbocycles. The zero-order chi connectivity index (χ0) is 15.1. The first kappa shape index (κ1) is 18.9. The van der Waals surface area contributed by atoms with Crippen molar-refractivity contribution >= 4 is 0 Å². The summed E-state index contributed by atoms with van der Waals surface area (Å²) in [7, 11) is 4.48. The second-order valence-corrected chi connectivity index (χ2v) is 8.17. The van der Waals surface area contributed by atoms with E-state index in [9.17, 15) is 0 Å². The zero-order valence-electron chi connectivity index (χ0n) is 14.8. The van der Waals surface area contributed by atoms with Crippen molar-refractivity contribution in [3.05, 3.63) is 0 Å². The topological polar surface area (TPSA) is 6.48 Å². The summed E-state index contributed by atoms with van der Waals surface area (Å²) >= 11 is 0. The highest BCUT2D eigenvalue weighted by atomic mass is 15.1. The molecule has 19 heavy (non-hydrogen) atoms. The van der Waals surface area contributed by atoms with Gasteiger partial charge in [-0.2, -0.15) is 0 Å². The van der Waals surface area contributed by atoms with Crippen LogP contribution in [0.15, 0.2) is 0 Å². The van der Waals surface area contributed by atoms with Crippen LogP contribution in [0.5, 0.6) is 0 Å². The molecule has 0 rings (SSSR count). The highest BCUT2D eigenvalue weighted by molar-refractivity contribution is 4.73. The summed E-state index contributed by atoms with van der Waals surface area (Å²) in [4.78, 5) is 4.90. The van der Waals surface area contributed by atoms with Crippen molar-refractivity contribution in [1.29, 1.82) is 0 Å². The predicted molar refractivity (Wildman–Crippen MR) is 87.8 cm³/mol. The minimum atomic E-state index is 0.452. The molecule has 0 heterocycles. The maximum absolute atomic E-state index is 2.50. The van der Waals surface area contributed by atoms with Crippen molar-refractivity contribution < 1.29 is 0 Å². The summed E-state index contributed by atoms with van der Waals surface area (Å²) in [6.07, 6.45) is 3.87. The lowest BCUT2D eigenvalue weighted by Crippen LogP contribution is -2.30. The Morgan fingerprint density at radius 2 is 1.11 bits per heavy atom. The molecule has 0 aromatic carbocycles. The van der Waals surface area contributed by atoms with Crippen molar-refractivity contribution in [2.75, 3.05) is 40.3 Å². The molecule has 0 aromatic rings. The molecule has 2 nitrogen and oxygen atoms in total. The monoisotopic (exact) mass is 270 g/mol. The van der Waals surface area contributed by atoms with Gasteiger partial charge < -0.3 is 9.80 Å². The average molecular weight is 271 g/mol. The number of rotatable bonds is 9. The molecule has 0 saturated heterocycles. The van der Waals surface area contributed by atoms with Gasteiger partial charge in [0.2, 0.25) is 0 Å². The quantitative estimate of drug-likeness (QED) is 0.622. The van der Waals surface area contributed by atoms with E-state index in [0.29, 0.717) is 10.8 Å². The van der Waals surface area contributed by atoms with Crippen LogP contribution < -0.4 is 0 Å². The van der Waals surface area contributed by atoms with E-state index in [1.807, 2.05) is 0 Å². The predicted octanol–water partition coefficient (Wildman–Crippen LogP) is 4.11. The molecule has 0 bridgehead atoms. The Morgan fingerprint density at radius 3 is 1.53 bits per heavy atom. The minimum Gasteiger partial charge on any atom is -0.307 e. The minimum absolute atomic E-state index is 0.452. The van der Waals surface area contributed by atoms with E-state index in [2.05, 4.69) is 65.4 Å². The van der Waals surface area contributed by atoms with Gasteiger partial charge in [0.05, 0.1) is 0 Å². The van der Waals surface area contributed by atoms with Crippen LogP contribution >= 0.6 is 0 Å². The van der Waals surface area contributed by atoms with Crippen molar-refractivity contribution in [1.82, 2.24) is 9.80 Å². The van der Waals surface area contributed by atoms with E-state index < -0.39 is 0 Å². The van der Waals surface area contributed by atoms with Gasteiger partial charge in [0, 0.05) is 0 Å². The van der Waals surface area contributed by atoms with Crippen LogP contribution in [-0.4, -0.2) is 50.1 Å². The lowest BCUT2D eigenvalue weighted by Gasteiger charge is -2.30. The Balaban J connectivity index is 3.89. The number of hydrogen-bond acceptors (Lipinski definition) is 2. The molecule has 0 fully saturated rings. The van der Waals surface area contributed by atoms with Gasteiger partial charge in [0.25, 0.3) is 0 Å². The lowest BCUT2D eigenvalue weighted by atomic mass is 9.85. The van der Waals surface area contributed by atoms with Crippen molar-refractivity contribution in [3.63, 3.8) is 0 Å². The standard InChI is InChI=1S/C17H38N2/c1-9-18(7)14-11-17(5,6)12-15-19(8)13-10-16(2,3)4/h9-15H2,1-8H3. The van der Waals surface area contributed by atoms with Gasteiger partial charge in [0.15, 0.2) is 0 Å². The Kier molecular flexibility index (Phi) is 8.23. The van der Waals surface area contributed by atoms with Crippen LogP contribution in [0.2, 0.25) is 0 Å². The van der Waals surface area contributed by atoms with Crippen LogP contribution in [0.1, 0.15) is 60.8 Å². The fraction of sp³-hybridized carbons (Fsp3) is 1.00. The van der Waals surface area contributed by atoms with Gasteiger partial charge in [-0.3, -0.25) is 0 Å². The Labute approximate surface area is 122 Å². The molecular formula is C17H38N2. The van der Waals surface area contributed by atoms with Gasteiger partial charge >= 0.3 is 0 Å². The van der Waals surface area contributed by atoms with E-state index in [4.69, 9.17) is 0 Å². The van der Waals surface area contributed by atoms with Crippen LogP contribution in [0.4, 0.5) is 0 Å². The third-order valence-electron chi connectivity index (χ3n) is 4.12. The van der Waals surface area contributed by atoms with Crippen LogP contribution in [0.3, 0.4) is 0 Å². The summed E-state index contributed by atoms with van der Waals surface area (Å²) in [5.41, 5.74) is 0.910. The van der Waals surface area contributed by atoms with Crippen molar-refractivity contribution in [3.8, 4) is 0 Å². The summed E-state index contributed by atoms with van der Waals surface area (Å²) < 4.78 is 0. The smallest absolute Gasteiger partial charge is 0.00167 e. The molecule has 0 amide bonds. The number of nitrogens with zero attached hydrogens (tertiary/aromatic N) is 2. The van der Waals surface area contributed by atoms with Gasteiger partial charge in [-0.1, -0.05) is 41.5 Å². The zero-order valence-corrected chi connectivity index (χ0v) is 14.8. The molecule has 0 aromatic heterocycles. The fourth-order valence-electron chi connectivity index (χ4n) is 1.91. The SMILES string of the molecule is CCN(C)CCC(C)(C)CCN(C)CCC(C)(C)C. The summed E-state index contributed by atoms with van der Waals surface area (Å²) in [6, 6.07) is 0. The first-order chi connectivity index (χ1) is 8.56. The van der Waals surface area contributed by atoms with Crippen molar-refractivity contribution in [2.24, 2.45) is 10.8 Å². The molecule has 0 N–H and O–H groups in total. The van der Waals surface area contributed by atoms with E-state index in [-0.39, 0.29) is 0 Å². The third-order valence-corrected chi connectivity index (χ3v) is 4.12. The van der Waals surface area contributed by atoms with Gasteiger partial charge in [-0.15, -0.1) is 0 Å². The van der Waals surface area contributed by atoms with E-state index >= 15 is 0 Å². The number of hydrogen-bond donors (Lipinski definition) is 0. The highest BCUT2D eigenvalue weighted by Gasteiger charge is 2.19. The Bertz CT molecular complexity index is 228. The molecule has 0 aliphatic carbocycles. The molecule has 0 radical (unpaired) electrons. The Hall–Kier alpha value is -0.0800. The first-order valence-corrected chi connectivity index (χ1v) is 7.93. The van der Waals surface area contributed by atoms with Crippen LogP contribution in [0, 0.1) is 10.8 Å². The van der Waals surface area contributed by atoms with Gasteiger partial charge in [-0.05, 0) is 70.4 Å². The summed E-state index contributed by atoms with van der Waals surface area (Å²) in [5, 5.41) is 0. The normalized spacial score (nSPS) is 13.6. The molecule has 2 heteroatoms. The second kappa shape index (κ2) is 8.26. The van der Waals surface area contributed by atoms with Gasteiger partial charge in [0.1, 0.15) is 0 Å². The molecule has 116 valence electrons. The molecule has 0 atom stereocenters. The van der Waals surface area contributed by atoms with E-state index in [0.717, 1.165) is 6.54 Å². The molecule has 0 unspecified atom stereocenters.